The third-order valence-corrected chi connectivity index (χ3v) is 7.51. The van der Waals surface area contributed by atoms with Gasteiger partial charge in [0.1, 0.15) is 5.52 Å². The first-order valence-electron chi connectivity index (χ1n) is 11.7. The van der Waals surface area contributed by atoms with E-state index in [2.05, 4.69) is 58.3 Å². The molecule has 2 aliphatic rings. The van der Waals surface area contributed by atoms with Gasteiger partial charge in [0.15, 0.2) is 0 Å². The molecular weight excluding hydrogens is 453 g/mol. The molecule has 0 aliphatic carbocycles. The van der Waals surface area contributed by atoms with Crippen LogP contribution in [-0.2, 0) is 0 Å². The third-order valence-electron chi connectivity index (χ3n) is 6.95. The Morgan fingerprint density at radius 2 is 2.06 bits per heavy atom. The van der Waals surface area contributed by atoms with E-state index in [1.165, 1.54) is 36.1 Å². The van der Waals surface area contributed by atoms with Gasteiger partial charge in [-0.15, -0.1) is 5.10 Å². The van der Waals surface area contributed by atoms with Gasteiger partial charge in [0, 0.05) is 34.9 Å². The van der Waals surface area contributed by atoms with Crippen molar-refractivity contribution in [2.45, 2.75) is 44.7 Å². The van der Waals surface area contributed by atoms with Gasteiger partial charge in [0.05, 0.1) is 11.6 Å². The third kappa shape index (κ3) is 4.54. The molecule has 0 saturated carbocycles. The number of nitrogens with zero attached hydrogens (tertiary/aromatic N) is 4. The molecule has 5 rings (SSSR count). The van der Waals surface area contributed by atoms with E-state index in [0.717, 1.165) is 42.7 Å². The Morgan fingerprint density at radius 1 is 1.18 bits per heavy atom. The fourth-order valence-electron chi connectivity index (χ4n) is 4.94. The lowest BCUT2D eigenvalue weighted by Crippen LogP contribution is -2.42. The van der Waals surface area contributed by atoms with Crippen LogP contribution in [0.5, 0.6) is 0 Å². The number of nitrogens with one attached hydrogen (secondary N) is 1. The summed E-state index contributed by atoms with van der Waals surface area (Å²) < 4.78 is 1.94. The molecule has 2 aliphatic heterocycles. The van der Waals surface area contributed by atoms with Gasteiger partial charge in [-0.2, -0.15) is 0 Å². The van der Waals surface area contributed by atoms with Crippen LogP contribution in [0.4, 0.5) is 0 Å². The van der Waals surface area contributed by atoms with Crippen molar-refractivity contribution in [1.82, 2.24) is 25.2 Å². The zero-order valence-electron chi connectivity index (χ0n) is 18.9. The fraction of sp³-hybridized carbons (Fsp3) is 0.385. The van der Waals surface area contributed by atoms with Gasteiger partial charge >= 0.3 is 0 Å². The van der Waals surface area contributed by atoms with Crippen LogP contribution in [-0.4, -0.2) is 45.6 Å². The largest absolute Gasteiger partial charge is 0.370 e. The maximum atomic E-state index is 6.47. The number of piperidine rings is 1. The summed E-state index contributed by atoms with van der Waals surface area (Å²) >= 11 is 12.6. The summed E-state index contributed by atoms with van der Waals surface area (Å²) in [5, 5.41) is 13.7. The van der Waals surface area contributed by atoms with Gasteiger partial charge in [0.25, 0.3) is 0 Å². The van der Waals surface area contributed by atoms with Crippen molar-refractivity contribution >= 4 is 39.8 Å². The van der Waals surface area contributed by atoms with Crippen LogP contribution in [0.1, 0.15) is 49.8 Å². The predicted molar refractivity (Wildman–Crippen MR) is 137 cm³/mol. The predicted octanol–water partition coefficient (Wildman–Crippen LogP) is 6.09. The van der Waals surface area contributed by atoms with Crippen molar-refractivity contribution < 1.29 is 0 Å². The summed E-state index contributed by atoms with van der Waals surface area (Å²) in [5.74, 6) is 0. The lowest BCUT2D eigenvalue weighted by molar-refractivity contribution is 0.310. The van der Waals surface area contributed by atoms with Crippen LogP contribution >= 0.6 is 23.2 Å². The van der Waals surface area contributed by atoms with Crippen LogP contribution in [0.3, 0.4) is 0 Å². The van der Waals surface area contributed by atoms with Gasteiger partial charge in [0.2, 0.25) is 0 Å². The SMILES string of the molecule is C=C([C@H]1CCCCN1)N1CC=C(c2ccc3nnn(C(C)c4ccc(Cl)cc4Cl)c3c2)CC1. The molecule has 7 heteroatoms. The molecule has 2 atom stereocenters. The Labute approximate surface area is 205 Å². The maximum absolute atomic E-state index is 6.47. The molecule has 1 N–H and O–H groups in total. The molecule has 33 heavy (non-hydrogen) atoms. The van der Waals surface area contributed by atoms with Crippen molar-refractivity contribution in [3.05, 3.63) is 75.9 Å². The summed E-state index contributed by atoms with van der Waals surface area (Å²) in [4.78, 5) is 2.42. The molecule has 0 radical (unpaired) electrons. The number of fused-ring (bicyclic) bond motifs is 1. The summed E-state index contributed by atoms with van der Waals surface area (Å²) in [7, 11) is 0. The van der Waals surface area contributed by atoms with Crippen molar-refractivity contribution in [2.24, 2.45) is 0 Å². The van der Waals surface area contributed by atoms with Gasteiger partial charge < -0.3 is 10.2 Å². The second-order valence-corrected chi connectivity index (χ2v) is 9.84. The lowest BCUT2D eigenvalue weighted by Gasteiger charge is -2.36. The zero-order valence-corrected chi connectivity index (χ0v) is 20.4. The minimum Gasteiger partial charge on any atom is -0.370 e. The number of rotatable bonds is 5. The Bertz CT molecular complexity index is 1210. The van der Waals surface area contributed by atoms with Crippen molar-refractivity contribution in [3.8, 4) is 0 Å². The summed E-state index contributed by atoms with van der Waals surface area (Å²) in [6.07, 6.45) is 7.08. The molecule has 0 spiro atoms. The van der Waals surface area contributed by atoms with Crippen molar-refractivity contribution in [3.63, 3.8) is 0 Å². The molecule has 1 unspecified atom stereocenters. The zero-order chi connectivity index (χ0) is 22.9. The van der Waals surface area contributed by atoms with Gasteiger partial charge in [-0.3, -0.25) is 0 Å². The second kappa shape index (κ2) is 9.49. The second-order valence-electron chi connectivity index (χ2n) is 9.00. The first-order chi connectivity index (χ1) is 16.0. The van der Waals surface area contributed by atoms with E-state index in [-0.39, 0.29) is 6.04 Å². The molecule has 1 aromatic heterocycles. The van der Waals surface area contributed by atoms with E-state index in [4.69, 9.17) is 23.2 Å². The summed E-state index contributed by atoms with van der Waals surface area (Å²) in [5.41, 5.74) is 6.68. The quantitative estimate of drug-likeness (QED) is 0.478. The van der Waals surface area contributed by atoms with Gasteiger partial charge in [-0.1, -0.05) is 59.6 Å². The van der Waals surface area contributed by atoms with Crippen molar-refractivity contribution in [1.29, 1.82) is 0 Å². The van der Waals surface area contributed by atoms with E-state index < -0.39 is 0 Å². The highest BCUT2D eigenvalue weighted by atomic mass is 35.5. The first-order valence-corrected chi connectivity index (χ1v) is 12.4. The molecule has 1 fully saturated rings. The average molecular weight is 482 g/mol. The molecule has 3 heterocycles. The Balaban J connectivity index is 1.37. The monoisotopic (exact) mass is 481 g/mol. The molecular formula is C26H29Cl2N5. The molecule has 5 nitrogen and oxygen atoms in total. The minimum atomic E-state index is -0.0582. The minimum absolute atomic E-state index is 0.0582. The summed E-state index contributed by atoms with van der Waals surface area (Å²) in [6.45, 7) is 9.48. The standard InChI is InChI=1S/C26H29Cl2N5/c1-17(22-8-7-21(27)16-23(22)28)33-26-15-20(6-9-25(26)30-31-33)19-10-13-32(14-11-19)18(2)24-5-3-4-12-29-24/h6-10,15-17,24,29H,2-5,11-14H2,1H3/t17?,24-/m1/s1. The average Bonchev–Trinajstić information content (AvgIpc) is 3.27. The Morgan fingerprint density at radius 3 is 2.79 bits per heavy atom. The van der Waals surface area contributed by atoms with Crippen molar-refractivity contribution in [2.75, 3.05) is 19.6 Å². The van der Waals surface area contributed by atoms with Crippen LogP contribution in [0.15, 0.2) is 54.8 Å². The molecule has 0 amide bonds. The number of hydrogen-bond donors (Lipinski definition) is 1. The maximum Gasteiger partial charge on any atom is 0.113 e. The highest BCUT2D eigenvalue weighted by molar-refractivity contribution is 6.35. The van der Waals surface area contributed by atoms with Gasteiger partial charge in [-0.25, -0.2) is 4.68 Å². The number of hydrogen-bond acceptors (Lipinski definition) is 4. The normalized spacial score (nSPS) is 20.0. The number of benzene rings is 2. The lowest BCUT2D eigenvalue weighted by atomic mass is 9.96. The topological polar surface area (TPSA) is 46.0 Å². The Kier molecular flexibility index (Phi) is 6.46. The van der Waals surface area contributed by atoms with E-state index in [1.807, 2.05) is 16.8 Å². The fourth-order valence-corrected chi connectivity index (χ4v) is 5.51. The summed E-state index contributed by atoms with van der Waals surface area (Å²) in [6, 6.07) is 12.4. The Hall–Kier alpha value is -2.34. The molecule has 3 aromatic rings. The van der Waals surface area contributed by atoms with Crippen LogP contribution in [0.2, 0.25) is 10.0 Å². The van der Waals surface area contributed by atoms with E-state index >= 15 is 0 Å². The first kappa shape index (κ1) is 22.5. The number of halogens is 2. The van der Waals surface area contributed by atoms with E-state index in [1.54, 1.807) is 6.07 Å². The number of aromatic nitrogens is 3. The highest BCUT2D eigenvalue weighted by Crippen LogP contribution is 2.32. The molecule has 2 aromatic carbocycles. The van der Waals surface area contributed by atoms with E-state index in [0.29, 0.717) is 16.1 Å². The van der Waals surface area contributed by atoms with Crippen LogP contribution in [0, 0.1) is 0 Å². The van der Waals surface area contributed by atoms with Crippen LogP contribution in [0.25, 0.3) is 16.6 Å². The molecule has 172 valence electrons. The van der Waals surface area contributed by atoms with Gasteiger partial charge in [-0.05, 0) is 73.7 Å². The smallest absolute Gasteiger partial charge is 0.113 e. The van der Waals surface area contributed by atoms with Crippen LogP contribution < -0.4 is 5.32 Å². The van der Waals surface area contributed by atoms with E-state index in [9.17, 15) is 0 Å². The highest BCUT2D eigenvalue weighted by Gasteiger charge is 2.23. The molecule has 1 saturated heterocycles. The molecule has 0 bridgehead atoms.